The van der Waals surface area contributed by atoms with E-state index in [4.69, 9.17) is 19.3 Å². The topological polar surface area (TPSA) is 65.0 Å². The summed E-state index contributed by atoms with van der Waals surface area (Å²) < 4.78 is 16.2. The van der Waals surface area contributed by atoms with Gasteiger partial charge in [0, 0.05) is 20.1 Å². The second-order valence-corrected chi connectivity index (χ2v) is 6.58. The summed E-state index contributed by atoms with van der Waals surface area (Å²) in [4.78, 5) is 11.0. The molecule has 1 N–H and O–H groups in total. The molecule has 0 fully saturated rings. The van der Waals surface area contributed by atoms with Crippen molar-refractivity contribution < 1.29 is 24.1 Å². The molecule has 1 aromatic rings. The molecule has 0 saturated carbocycles. The Bertz CT molecular complexity index is 515. The van der Waals surface area contributed by atoms with E-state index in [0.717, 1.165) is 56.4 Å². The molecule has 0 bridgehead atoms. The zero-order valence-electron chi connectivity index (χ0n) is 16.5. The Balaban J connectivity index is 2.34. The molecule has 0 radical (unpaired) electrons. The van der Waals surface area contributed by atoms with Crippen molar-refractivity contribution in [1.82, 2.24) is 0 Å². The van der Waals surface area contributed by atoms with E-state index >= 15 is 0 Å². The molecule has 148 valence electrons. The summed E-state index contributed by atoms with van der Waals surface area (Å²) >= 11 is 0. The maximum atomic E-state index is 11.0. The second-order valence-electron chi connectivity index (χ2n) is 6.58. The van der Waals surface area contributed by atoms with E-state index in [1.165, 1.54) is 5.56 Å². The molecule has 1 aromatic carbocycles. The van der Waals surface area contributed by atoms with Crippen LogP contribution in [0.25, 0.3) is 0 Å². The summed E-state index contributed by atoms with van der Waals surface area (Å²) in [6, 6.07) is 6.10. The fraction of sp³-hybridized carbons (Fsp3) is 0.667. The van der Waals surface area contributed by atoms with E-state index in [0.29, 0.717) is 19.6 Å². The van der Waals surface area contributed by atoms with Gasteiger partial charge in [0.25, 0.3) is 0 Å². The zero-order chi connectivity index (χ0) is 19.2. The number of aliphatic carboxylic acids is 1. The lowest BCUT2D eigenvalue weighted by molar-refractivity contribution is -0.142. The van der Waals surface area contributed by atoms with Crippen LogP contribution in [-0.4, -0.2) is 38.5 Å². The van der Waals surface area contributed by atoms with Crippen LogP contribution in [0.2, 0.25) is 0 Å². The van der Waals surface area contributed by atoms with Gasteiger partial charge in [0.05, 0.1) is 19.6 Å². The van der Waals surface area contributed by atoms with Crippen molar-refractivity contribution in [1.29, 1.82) is 0 Å². The Kier molecular flexibility index (Phi) is 11.5. The fourth-order valence-corrected chi connectivity index (χ4v) is 2.95. The molecule has 0 aliphatic rings. The van der Waals surface area contributed by atoms with Crippen LogP contribution in [0.15, 0.2) is 18.2 Å². The highest BCUT2D eigenvalue weighted by atomic mass is 16.5. The van der Waals surface area contributed by atoms with Crippen LogP contribution in [0, 0.1) is 5.92 Å². The van der Waals surface area contributed by atoms with Gasteiger partial charge in [-0.15, -0.1) is 0 Å². The van der Waals surface area contributed by atoms with Gasteiger partial charge in [-0.1, -0.05) is 32.3 Å². The number of ether oxygens (including phenoxy) is 3. The largest absolute Gasteiger partial charge is 0.493 e. The molecular weight excluding hydrogens is 332 g/mol. The Morgan fingerprint density at radius 3 is 2.46 bits per heavy atom. The Morgan fingerprint density at radius 1 is 1.04 bits per heavy atom. The second kappa shape index (κ2) is 13.5. The molecule has 0 aliphatic heterocycles. The minimum absolute atomic E-state index is 0.186. The fourth-order valence-electron chi connectivity index (χ4n) is 2.95. The first-order chi connectivity index (χ1) is 12.6. The molecule has 0 aromatic heterocycles. The van der Waals surface area contributed by atoms with Gasteiger partial charge < -0.3 is 19.3 Å². The van der Waals surface area contributed by atoms with Gasteiger partial charge in [-0.05, 0) is 43.4 Å². The number of benzene rings is 1. The number of carboxylic acids is 1. The van der Waals surface area contributed by atoms with E-state index in [2.05, 4.69) is 12.1 Å². The summed E-state index contributed by atoms with van der Waals surface area (Å²) in [5.41, 5.74) is 1.24. The molecule has 1 atom stereocenters. The molecular formula is C21H34O5. The van der Waals surface area contributed by atoms with Gasteiger partial charge in [-0.3, -0.25) is 4.79 Å². The molecule has 5 nitrogen and oxygen atoms in total. The van der Waals surface area contributed by atoms with Gasteiger partial charge in [0.2, 0.25) is 0 Å². The molecule has 0 aliphatic carbocycles. The summed E-state index contributed by atoms with van der Waals surface area (Å²) in [6.45, 7) is 3.23. The smallest absolute Gasteiger partial charge is 0.306 e. The predicted octanol–water partition coefficient (Wildman–Crippen LogP) is 4.71. The van der Waals surface area contributed by atoms with Crippen molar-refractivity contribution in [2.75, 3.05) is 27.4 Å². The van der Waals surface area contributed by atoms with Gasteiger partial charge >= 0.3 is 5.97 Å². The molecule has 0 heterocycles. The number of hydrogen-bond acceptors (Lipinski definition) is 4. The third-order valence-corrected chi connectivity index (χ3v) is 4.59. The number of aryl methyl sites for hydroxylation is 1. The number of carbonyl (C=O) groups is 1. The van der Waals surface area contributed by atoms with E-state index in [-0.39, 0.29) is 5.92 Å². The molecule has 26 heavy (non-hydrogen) atoms. The lowest BCUT2D eigenvalue weighted by atomic mass is 9.98. The van der Waals surface area contributed by atoms with Crippen molar-refractivity contribution in [3.05, 3.63) is 23.8 Å². The van der Waals surface area contributed by atoms with Crippen LogP contribution in [0.3, 0.4) is 0 Å². The van der Waals surface area contributed by atoms with Gasteiger partial charge in [-0.2, -0.15) is 0 Å². The van der Waals surface area contributed by atoms with Crippen LogP contribution >= 0.6 is 0 Å². The van der Waals surface area contributed by atoms with Gasteiger partial charge in [0.15, 0.2) is 11.5 Å². The minimum atomic E-state index is -0.663. The van der Waals surface area contributed by atoms with Crippen LogP contribution in [-0.2, 0) is 16.0 Å². The SMILES string of the molecule is CCC(CCCCCCc1ccc(OC)c(OCCCOC)c1)C(=O)O. The third kappa shape index (κ3) is 8.56. The third-order valence-electron chi connectivity index (χ3n) is 4.59. The van der Waals surface area contributed by atoms with Crippen molar-refractivity contribution in [2.45, 2.75) is 58.3 Å². The molecule has 1 rings (SSSR count). The van der Waals surface area contributed by atoms with E-state index < -0.39 is 5.97 Å². The lowest BCUT2D eigenvalue weighted by Gasteiger charge is -2.12. The number of methoxy groups -OCH3 is 2. The highest BCUT2D eigenvalue weighted by Gasteiger charge is 2.13. The van der Waals surface area contributed by atoms with E-state index in [1.54, 1.807) is 14.2 Å². The van der Waals surface area contributed by atoms with Crippen LogP contribution in [0.4, 0.5) is 0 Å². The van der Waals surface area contributed by atoms with E-state index in [1.807, 2.05) is 13.0 Å². The summed E-state index contributed by atoms with van der Waals surface area (Å²) in [7, 11) is 3.34. The maximum Gasteiger partial charge on any atom is 0.306 e. The van der Waals surface area contributed by atoms with Crippen molar-refractivity contribution >= 4 is 5.97 Å². The molecule has 1 unspecified atom stereocenters. The number of hydrogen-bond donors (Lipinski definition) is 1. The van der Waals surface area contributed by atoms with Crippen LogP contribution < -0.4 is 9.47 Å². The Labute approximate surface area is 157 Å². The van der Waals surface area contributed by atoms with Gasteiger partial charge in [-0.25, -0.2) is 0 Å². The summed E-state index contributed by atoms with van der Waals surface area (Å²) in [5.74, 6) is 0.692. The minimum Gasteiger partial charge on any atom is -0.493 e. The number of carboxylic acid groups (broad SMARTS) is 1. The highest BCUT2D eigenvalue weighted by Crippen LogP contribution is 2.29. The monoisotopic (exact) mass is 366 g/mol. The van der Waals surface area contributed by atoms with Crippen molar-refractivity contribution in [3.63, 3.8) is 0 Å². The van der Waals surface area contributed by atoms with Gasteiger partial charge in [0.1, 0.15) is 0 Å². The molecule has 5 heteroatoms. The normalized spacial score (nSPS) is 12.0. The van der Waals surface area contributed by atoms with Crippen molar-refractivity contribution in [2.24, 2.45) is 5.92 Å². The number of unbranched alkanes of at least 4 members (excludes halogenated alkanes) is 3. The first-order valence-corrected chi connectivity index (χ1v) is 9.63. The summed E-state index contributed by atoms with van der Waals surface area (Å²) in [6.07, 6.45) is 7.63. The van der Waals surface area contributed by atoms with Crippen LogP contribution in [0.1, 0.15) is 57.4 Å². The number of rotatable bonds is 15. The lowest BCUT2D eigenvalue weighted by Crippen LogP contribution is -2.12. The summed E-state index contributed by atoms with van der Waals surface area (Å²) in [5, 5.41) is 9.06. The van der Waals surface area contributed by atoms with Crippen LogP contribution in [0.5, 0.6) is 11.5 Å². The Hall–Kier alpha value is -1.75. The molecule has 0 amide bonds. The average molecular weight is 366 g/mol. The maximum absolute atomic E-state index is 11.0. The first-order valence-electron chi connectivity index (χ1n) is 9.63. The zero-order valence-corrected chi connectivity index (χ0v) is 16.5. The molecule has 0 saturated heterocycles. The standard InChI is InChI=1S/C21H34O5/c1-4-18(21(22)23)11-8-6-5-7-10-17-12-13-19(25-3)20(16-17)26-15-9-14-24-2/h12-13,16,18H,4-11,14-15H2,1-3H3,(H,22,23). The Morgan fingerprint density at radius 2 is 1.81 bits per heavy atom. The average Bonchev–Trinajstić information content (AvgIpc) is 2.64. The van der Waals surface area contributed by atoms with Crippen molar-refractivity contribution in [3.8, 4) is 11.5 Å². The highest BCUT2D eigenvalue weighted by molar-refractivity contribution is 5.69. The predicted molar refractivity (Wildman–Crippen MR) is 103 cm³/mol. The first kappa shape index (κ1) is 22.3. The molecule has 0 spiro atoms. The van der Waals surface area contributed by atoms with E-state index in [9.17, 15) is 4.79 Å². The quantitative estimate of drug-likeness (QED) is 0.455.